The summed E-state index contributed by atoms with van der Waals surface area (Å²) in [5.41, 5.74) is 2.01. The number of carbonyl (C=O) groups excluding carboxylic acids is 2. The Hall–Kier alpha value is -2.02. The number of nitrogens with zero attached hydrogens (tertiary/aromatic N) is 2. The molecule has 1 N–H and O–H groups in total. The Balaban J connectivity index is 1.59. The number of amides is 2. The van der Waals surface area contributed by atoms with Crippen LogP contribution in [0.3, 0.4) is 0 Å². The molecule has 0 unspecified atom stereocenters. The van der Waals surface area contributed by atoms with E-state index < -0.39 is 6.10 Å². The van der Waals surface area contributed by atoms with E-state index >= 15 is 0 Å². The van der Waals surface area contributed by atoms with Crippen molar-refractivity contribution < 1.29 is 14.7 Å². The van der Waals surface area contributed by atoms with Crippen LogP contribution in [-0.2, 0) is 6.54 Å². The van der Waals surface area contributed by atoms with Crippen LogP contribution in [-0.4, -0.2) is 53.0 Å². The van der Waals surface area contributed by atoms with Crippen LogP contribution in [0, 0.1) is 0 Å². The fraction of sp³-hybridized carbons (Fsp3) is 0.294. The molecule has 120 valence electrons. The van der Waals surface area contributed by atoms with Gasteiger partial charge in [-0.1, -0.05) is 12.1 Å². The van der Waals surface area contributed by atoms with Gasteiger partial charge < -0.3 is 5.11 Å². The minimum Gasteiger partial charge on any atom is -0.390 e. The Morgan fingerprint density at radius 1 is 1.17 bits per heavy atom. The minimum atomic E-state index is -0.777. The van der Waals surface area contributed by atoms with E-state index in [2.05, 4.69) is 5.38 Å². The fourth-order valence-corrected chi connectivity index (χ4v) is 3.45. The van der Waals surface area contributed by atoms with Crippen molar-refractivity contribution in [3.8, 4) is 0 Å². The van der Waals surface area contributed by atoms with Crippen LogP contribution in [0.15, 0.2) is 41.1 Å². The quantitative estimate of drug-likeness (QED) is 0.821. The molecule has 1 aliphatic rings. The summed E-state index contributed by atoms with van der Waals surface area (Å²) in [7, 11) is 1.91. The van der Waals surface area contributed by atoms with Gasteiger partial charge >= 0.3 is 0 Å². The molecule has 1 atom stereocenters. The summed E-state index contributed by atoms with van der Waals surface area (Å²) < 4.78 is 0. The van der Waals surface area contributed by atoms with E-state index in [4.69, 9.17) is 0 Å². The van der Waals surface area contributed by atoms with Crippen LogP contribution in [0.2, 0.25) is 0 Å². The number of aliphatic hydroxyl groups excluding tert-OH is 1. The van der Waals surface area contributed by atoms with Gasteiger partial charge in [-0.3, -0.25) is 19.4 Å². The lowest BCUT2D eigenvalue weighted by Crippen LogP contribution is -2.41. The van der Waals surface area contributed by atoms with E-state index in [9.17, 15) is 14.7 Å². The lowest BCUT2D eigenvalue weighted by molar-refractivity contribution is 0.0488. The van der Waals surface area contributed by atoms with Crippen LogP contribution >= 0.6 is 11.3 Å². The molecule has 2 aromatic rings. The average Bonchev–Trinajstić information content (AvgIpc) is 3.11. The predicted molar refractivity (Wildman–Crippen MR) is 88.5 cm³/mol. The van der Waals surface area contributed by atoms with Crippen molar-refractivity contribution in [1.29, 1.82) is 0 Å². The minimum absolute atomic E-state index is 0.0142. The fourth-order valence-electron chi connectivity index (χ4n) is 2.79. The average molecular weight is 330 g/mol. The number of thiophene rings is 1. The summed E-state index contributed by atoms with van der Waals surface area (Å²) in [4.78, 5) is 27.6. The molecule has 0 radical (unpaired) electrons. The number of benzene rings is 1. The maximum absolute atomic E-state index is 12.3. The summed E-state index contributed by atoms with van der Waals surface area (Å²) in [6.07, 6.45) is -0.777. The van der Waals surface area contributed by atoms with E-state index in [1.54, 1.807) is 35.6 Å². The summed E-state index contributed by atoms with van der Waals surface area (Å²) in [6, 6.07) is 8.80. The van der Waals surface area contributed by atoms with E-state index in [0.717, 1.165) is 11.4 Å². The van der Waals surface area contributed by atoms with Crippen LogP contribution in [0.1, 0.15) is 26.3 Å². The van der Waals surface area contributed by atoms with Gasteiger partial charge in [-0.2, -0.15) is 11.3 Å². The normalized spacial score (nSPS) is 15.3. The number of likely N-dealkylation sites (N-methyl/N-ethyl adjacent to an activating group) is 1. The first kappa shape index (κ1) is 15.9. The lowest BCUT2D eigenvalue weighted by Gasteiger charge is -2.23. The van der Waals surface area contributed by atoms with Crippen molar-refractivity contribution in [2.24, 2.45) is 0 Å². The third kappa shape index (κ3) is 3.34. The maximum atomic E-state index is 12.3. The molecule has 23 heavy (non-hydrogen) atoms. The van der Waals surface area contributed by atoms with E-state index in [1.165, 1.54) is 5.56 Å². The maximum Gasteiger partial charge on any atom is 0.261 e. The number of hydrogen-bond acceptors (Lipinski definition) is 5. The SMILES string of the molecule is CN(Cc1ccsc1)C[C@@H](O)CN1C(=O)c2ccccc2C1=O. The van der Waals surface area contributed by atoms with Gasteiger partial charge in [0, 0.05) is 13.1 Å². The predicted octanol–water partition coefficient (Wildman–Crippen LogP) is 1.84. The van der Waals surface area contributed by atoms with E-state index in [0.29, 0.717) is 17.7 Å². The zero-order valence-corrected chi connectivity index (χ0v) is 13.6. The van der Waals surface area contributed by atoms with E-state index in [1.807, 2.05) is 23.4 Å². The molecule has 3 rings (SSSR count). The van der Waals surface area contributed by atoms with Crippen LogP contribution in [0.25, 0.3) is 0 Å². The van der Waals surface area contributed by atoms with Crippen molar-refractivity contribution in [3.63, 3.8) is 0 Å². The lowest BCUT2D eigenvalue weighted by atomic mass is 10.1. The summed E-state index contributed by atoms with van der Waals surface area (Å²) >= 11 is 1.63. The van der Waals surface area contributed by atoms with Gasteiger partial charge in [-0.05, 0) is 41.6 Å². The standard InChI is InChI=1S/C17H18N2O3S/c1-18(8-12-6-7-23-11-12)9-13(20)10-19-16(21)14-4-2-3-5-15(14)17(19)22/h2-7,11,13,20H,8-10H2,1H3/t13-/m1/s1. The highest BCUT2D eigenvalue weighted by atomic mass is 32.1. The molecule has 0 saturated heterocycles. The third-order valence-electron chi connectivity index (χ3n) is 3.83. The monoisotopic (exact) mass is 330 g/mol. The van der Waals surface area contributed by atoms with Gasteiger partial charge in [-0.25, -0.2) is 0 Å². The molecule has 1 aromatic heterocycles. The second-order valence-corrected chi connectivity index (χ2v) is 6.53. The molecule has 2 heterocycles. The Bertz CT molecular complexity index is 679. The number of rotatable bonds is 6. The van der Waals surface area contributed by atoms with Crippen LogP contribution in [0.4, 0.5) is 0 Å². The largest absolute Gasteiger partial charge is 0.390 e. The van der Waals surface area contributed by atoms with Crippen LogP contribution < -0.4 is 0 Å². The Labute approximate surface area is 138 Å². The van der Waals surface area contributed by atoms with Gasteiger partial charge in [0.25, 0.3) is 11.8 Å². The molecule has 2 amide bonds. The second kappa shape index (κ2) is 6.62. The molecular formula is C17H18N2O3S. The first-order chi connectivity index (χ1) is 11.1. The molecule has 5 nitrogen and oxygen atoms in total. The molecule has 0 aliphatic carbocycles. The van der Waals surface area contributed by atoms with Crippen molar-refractivity contribution >= 4 is 23.2 Å². The Morgan fingerprint density at radius 2 is 1.83 bits per heavy atom. The number of imide groups is 1. The number of hydrogen-bond donors (Lipinski definition) is 1. The summed E-state index contributed by atoms with van der Waals surface area (Å²) in [5, 5.41) is 14.3. The molecule has 0 spiro atoms. The van der Waals surface area contributed by atoms with Gasteiger partial charge in [0.1, 0.15) is 0 Å². The molecular weight excluding hydrogens is 312 g/mol. The summed E-state index contributed by atoms with van der Waals surface area (Å²) in [6.45, 7) is 1.13. The molecule has 6 heteroatoms. The molecule has 1 aromatic carbocycles. The molecule has 0 bridgehead atoms. The Morgan fingerprint density at radius 3 is 2.39 bits per heavy atom. The van der Waals surface area contributed by atoms with E-state index in [-0.39, 0.29) is 18.4 Å². The Kier molecular flexibility index (Phi) is 4.56. The van der Waals surface area contributed by atoms with Crippen LogP contribution in [0.5, 0.6) is 0 Å². The van der Waals surface area contributed by atoms with Crippen molar-refractivity contribution in [2.45, 2.75) is 12.6 Å². The van der Waals surface area contributed by atoms with Crippen molar-refractivity contribution in [3.05, 3.63) is 57.8 Å². The van der Waals surface area contributed by atoms with Crippen molar-refractivity contribution in [1.82, 2.24) is 9.80 Å². The van der Waals surface area contributed by atoms with Gasteiger partial charge in [0.05, 0.1) is 23.8 Å². The molecule has 0 saturated carbocycles. The highest BCUT2D eigenvalue weighted by molar-refractivity contribution is 7.07. The number of carbonyl (C=O) groups is 2. The topological polar surface area (TPSA) is 60.9 Å². The van der Waals surface area contributed by atoms with Crippen molar-refractivity contribution in [2.75, 3.05) is 20.1 Å². The number of aliphatic hydroxyl groups is 1. The smallest absolute Gasteiger partial charge is 0.261 e. The molecule has 1 aliphatic heterocycles. The highest BCUT2D eigenvalue weighted by Gasteiger charge is 2.36. The third-order valence-corrected chi connectivity index (χ3v) is 4.56. The number of fused-ring (bicyclic) bond motifs is 1. The highest BCUT2D eigenvalue weighted by Crippen LogP contribution is 2.22. The zero-order chi connectivity index (χ0) is 16.4. The number of β-amino-alcohol motifs (C(OH)–C–C–N with tert-alkyl or cyclic N) is 1. The first-order valence-corrected chi connectivity index (χ1v) is 8.33. The van der Waals surface area contributed by atoms with Gasteiger partial charge in [0.15, 0.2) is 0 Å². The second-order valence-electron chi connectivity index (χ2n) is 5.75. The summed E-state index contributed by atoms with van der Waals surface area (Å²) in [5.74, 6) is -0.657. The van der Waals surface area contributed by atoms with Gasteiger partial charge in [0.2, 0.25) is 0 Å². The zero-order valence-electron chi connectivity index (χ0n) is 12.8. The first-order valence-electron chi connectivity index (χ1n) is 7.39. The van der Waals surface area contributed by atoms with Gasteiger partial charge in [-0.15, -0.1) is 0 Å². The molecule has 0 fully saturated rings.